The Morgan fingerprint density at radius 1 is 1.13 bits per heavy atom. The zero-order valence-corrected chi connectivity index (χ0v) is 13.7. The number of para-hydroxylation sites is 1. The van der Waals surface area contributed by atoms with Crippen molar-refractivity contribution < 1.29 is 9.53 Å². The van der Waals surface area contributed by atoms with Crippen LogP contribution >= 0.6 is 11.6 Å². The normalized spacial score (nSPS) is 15.0. The first kappa shape index (κ1) is 15.9. The average molecular weight is 330 g/mol. The molecule has 1 saturated carbocycles. The molecule has 23 heavy (non-hydrogen) atoms. The first-order chi connectivity index (χ1) is 11.2. The molecular weight excluding hydrogens is 310 g/mol. The third-order valence-electron chi connectivity index (χ3n) is 4.07. The van der Waals surface area contributed by atoms with Gasteiger partial charge in [-0.15, -0.1) is 0 Å². The second-order valence-electron chi connectivity index (χ2n) is 5.91. The van der Waals surface area contributed by atoms with Crippen LogP contribution in [0.1, 0.15) is 31.2 Å². The smallest absolute Gasteiger partial charge is 0.220 e. The summed E-state index contributed by atoms with van der Waals surface area (Å²) in [5.41, 5.74) is 0.890. The second-order valence-corrected chi connectivity index (χ2v) is 6.34. The van der Waals surface area contributed by atoms with E-state index in [0.717, 1.165) is 24.2 Å². The number of carbonyl (C=O) groups is 1. The Morgan fingerprint density at radius 3 is 2.61 bits per heavy atom. The van der Waals surface area contributed by atoms with Crippen molar-refractivity contribution in [2.45, 2.75) is 31.2 Å². The summed E-state index contributed by atoms with van der Waals surface area (Å²) in [6.45, 7) is 0.543. The Balaban J connectivity index is 1.44. The molecule has 1 aliphatic rings. The monoisotopic (exact) mass is 329 g/mol. The number of halogens is 1. The number of nitrogens with one attached hydrogen (secondary N) is 1. The lowest BCUT2D eigenvalue weighted by molar-refractivity contribution is -0.122. The van der Waals surface area contributed by atoms with Crippen LogP contribution in [0.2, 0.25) is 5.02 Å². The van der Waals surface area contributed by atoms with Gasteiger partial charge in [0.25, 0.3) is 0 Å². The number of amides is 1. The van der Waals surface area contributed by atoms with Crippen LogP contribution in [0.3, 0.4) is 0 Å². The van der Waals surface area contributed by atoms with Gasteiger partial charge in [0.2, 0.25) is 5.91 Å². The highest BCUT2D eigenvalue weighted by Gasteiger charge is 2.45. The van der Waals surface area contributed by atoms with E-state index in [2.05, 4.69) is 5.32 Å². The molecular formula is C19H20ClNO2. The highest BCUT2D eigenvalue weighted by Crippen LogP contribution is 2.46. The van der Waals surface area contributed by atoms with Crippen LogP contribution in [0.15, 0.2) is 54.6 Å². The second kappa shape index (κ2) is 7.05. The van der Waals surface area contributed by atoms with Crippen LogP contribution in [0.4, 0.5) is 0 Å². The molecule has 4 heteroatoms. The van der Waals surface area contributed by atoms with Crippen molar-refractivity contribution in [2.24, 2.45) is 0 Å². The molecule has 0 atom stereocenters. The SMILES string of the molecule is O=C(CCCOc1ccccc1)NC1(c2cccc(Cl)c2)CC1. The fourth-order valence-corrected chi connectivity index (χ4v) is 2.86. The summed E-state index contributed by atoms with van der Waals surface area (Å²) in [4.78, 5) is 12.2. The summed E-state index contributed by atoms with van der Waals surface area (Å²) in [5.74, 6) is 0.907. The van der Waals surface area contributed by atoms with Crippen molar-refractivity contribution in [3.8, 4) is 5.75 Å². The number of hydrogen-bond donors (Lipinski definition) is 1. The van der Waals surface area contributed by atoms with E-state index in [0.29, 0.717) is 24.5 Å². The Bertz CT molecular complexity index is 668. The van der Waals surface area contributed by atoms with Gasteiger partial charge in [-0.1, -0.05) is 41.9 Å². The predicted octanol–water partition coefficient (Wildman–Crippen LogP) is 4.30. The quantitative estimate of drug-likeness (QED) is 0.769. The lowest BCUT2D eigenvalue weighted by atomic mass is 10.0. The molecule has 3 nitrogen and oxygen atoms in total. The molecule has 2 aromatic rings. The van der Waals surface area contributed by atoms with E-state index in [9.17, 15) is 4.79 Å². The molecule has 0 spiro atoms. The minimum Gasteiger partial charge on any atom is -0.494 e. The summed E-state index contributed by atoms with van der Waals surface area (Å²) in [5, 5.41) is 3.86. The van der Waals surface area contributed by atoms with Crippen molar-refractivity contribution in [3.05, 3.63) is 65.2 Å². The van der Waals surface area contributed by atoms with Crippen LogP contribution in [-0.4, -0.2) is 12.5 Å². The molecule has 0 aliphatic heterocycles. The van der Waals surface area contributed by atoms with Crippen molar-refractivity contribution in [1.29, 1.82) is 0 Å². The molecule has 1 amide bonds. The predicted molar refractivity (Wildman–Crippen MR) is 91.7 cm³/mol. The average Bonchev–Trinajstić information content (AvgIpc) is 3.33. The molecule has 0 bridgehead atoms. The van der Waals surface area contributed by atoms with E-state index >= 15 is 0 Å². The van der Waals surface area contributed by atoms with Crippen LogP contribution in [-0.2, 0) is 10.3 Å². The summed E-state index contributed by atoms with van der Waals surface area (Å²) >= 11 is 6.05. The Labute approximate surface area is 141 Å². The maximum atomic E-state index is 12.2. The molecule has 120 valence electrons. The van der Waals surface area contributed by atoms with E-state index in [4.69, 9.17) is 16.3 Å². The highest BCUT2D eigenvalue weighted by molar-refractivity contribution is 6.30. The van der Waals surface area contributed by atoms with E-state index < -0.39 is 0 Å². The van der Waals surface area contributed by atoms with Gasteiger partial charge >= 0.3 is 0 Å². The van der Waals surface area contributed by atoms with Crippen LogP contribution in [0.5, 0.6) is 5.75 Å². The summed E-state index contributed by atoms with van der Waals surface area (Å²) < 4.78 is 5.61. The van der Waals surface area contributed by atoms with Gasteiger partial charge in [0.05, 0.1) is 12.1 Å². The first-order valence-corrected chi connectivity index (χ1v) is 8.31. The highest BCUT2D eigenvalue weighted by atomic mass is 35.5. The number of hydrogen-bond acceptors (Lipinski definition) is 2. The van der Waals surface area contributed by atoms with Crippen LogP contribution < -0.4 is 10.1 Å². The standard InChI is InChI=1S/C19H20ClNO2/c20-16-7-4-6-15(14-16)19(11-12-19)21-18(22)10-5-13-23-17-8-2-1-3-9-17/h1-4,6-9,14H,5,10-13H2,(H,21,22). The number of benzene rings is 2. The van der Waals surface area contributed by atoms with Crippen molar-refractivity contribution in [3.63, 3.8) is 0 Å². The van der Waals surface area contributed by atoms with Gasteiger partial charge in [-0.05, 0) is 49.1 Å². The topological polar surface area (TPSA) is 38.3 Å². The Hall–Kier alpha value is -2.00. The molecule has 1 fully saturated rings. The molecule has 3 rings (SSSR count). The van der Waals surface area contributed by atoms with Gasteiger partial charge in [0.1, 0.15) is 5.75 Å². The largest absolute Gasteiger partial charge is 0.494 e. The maximum absolute atomic E-state index is 12.2. The van der Waals surface area contributed by atoms with Gasteiger partial charge in [-0.2, -0.15) is 0 Å². The number of rotatable bonds is 7. The minimum absolute atomic E-state index is 0.0686. The Kier molecular flexibility index (Phi) is 4.87. The molecule has 0 unspecified atom stereocenters. The van der Waals surface area contributed by atoms with Crippen LogP contribution in [0.25, 0.3) is 0 Å². The lowest BCUT2D eigenvalue weighted by Gasteiger charge is -2.18. The summed E-state index contributed by atoms with van der Waals surface area (Å²) in [6.07, 6.45) is 3.11. The van der Waals surface area contributed by atoms with Crippen LogP contribution in [0, 0.1) is 0 Å². The number of carbonyl (C=O) groups excluding carboxylic acids is 1. The third kappa shape index (κ3) is 4.26. The minimum atomic E-state index is -0.206. The fourth-order valence-electron chi connectivity index (χ4n) is 2.67. The van der Waals surface area contributed by atoms with E-state index in [-0.39, 0.29) is 11.4 Å². The fraction of sp³-hybridized carbons (Fsp3) is 0.316. The third-order valence-corrected chi connectivity index (χ3v) is 4.30. The van der Waals surface area contributed by atoms with Gasteiger partial charge in [-0.25, -0.2) is 0 Å². The van der Waals surface area contributed by atoms with Gasteiger partial charge < -0.3 is 10.1 Å². The Morgan fingerprint density at radius 2 is 1.91 bits per heavy atom. The molecule has 0 heterocycles. The van der Waals surface area contributed by atoms with Crippen molar-refractivity contribution in [1.82, 2.24) is 5.32 Å². The van der Waals surface area contributed by atoms with Gasteiger partial charge in [0.15, 0.2) is 0 Å². The molecule has 1 aliphatic carbocycles. The first-order valence-electron chi connectivity index (χ1n) is 7.93. The summed E-state index contributed by atoms with van der Waals surface area (Å²) in [6, 6.07) is 17.4. The van der Waals surface area contributed by atoms with Crippen molar-refractivity contribution in [2.75, 3.05) is 6.61 Å². The molecule has 0 radical (unpaired) electrons. The van der Waals surface area contributed by atoms with Gasteiger partial charge in [0, 0.05) is 11.4 Å². The zero-order valence-electron chi connectivity index (χ0n) is 12.9. The number of ether oxygens (including phenoxy) is 1. The van der Waals surface area contributed by atoms with Gasteiger partial charge in [-0.3, -0.25) is 4.79 Å². The molecule has 0 aromatic heterocycles. The lowest BCUT2D eigenvalue weighted by Crippen LogP contribution is -2.34. The summed E-state index contributed by atoms with van der Waals surface area (Å²) in [7, 11) is 0. The maximum Gasteiger partial charge on any atom is 0.220 e. The molecule has 0 saturated heterocycles. The van der Waals surface area contributed by atoms with E-state index in [1.54, 1.807) is 0 Å². The molecule has 2 aromatic carbocycles. The zero-order chi connectivity index (χ0) is 16.1. The van der Waals surface area contributed by atoms with E-state index in [1.165, 1.54) is 0 Å². The molecule has 1 N–H and O–H groups in total. The van der Waals surface area contributed by atoms with Crippen molar-refractivity contribution >= 4 is 17.5 Å². The van der Waals surface area contributed by atoms with E-state index in [1.807, 2.05) is 54.6 Å².